The maximum atomic E-state index is 12.4. The van der Waals surface area contributed by atoms with E-state index < -0.39 is 10.0 Å². The molecule has 7 nitrogen and oxygen atoms in total. The van der Waals surface area contributed by atoms with E-state index in [-0.39, 0.29) is 16.5 Å². The van der Waals surface area contributed by atoms with Gasteiger partial charge in [0.1, 0.15) is 4.88 Å². The monoisotopic (exact) mass is 376 g/mol. The first-order valence-electron chi connectivity index (χ1n) is 7.51. The summed E-state index contributed by atoms with van der Waals surface area (Å²) < 4.78 is 24.8. The fourth-order valence-corrected chi connectivity index (χ4v) is 4.16. The molecule has 1 aliphatic carbocycles. The molecule has 1 saturated carbocycles. The largest absolute Gasteiger partial charge is 0.321 e. The van der Waals surface area contributed by atoms with Gasteiger partial charge < -0.3 is 5.32 Å². The molecule has 3 rings (SSSR count). The van der Waals surface area contributed by atoms with E-state index in [2.05, 4.69) is 21.1 Å². The molecule has 1 aliphatic rings. The van der Waals surface area contributed by atoms with Crippen LogP contribution in [0, 0.1) is 18.3 Å². The van der Waals surface area contributed by atoms with Crippen molar-refractivity contribution in [2.24, 2.45) is 0 Å². The number of amides is 1. The van der Waals surface area contributed by atoms with Gasteiger partial charge in [0.05, 0.1) is 23.4 Å². The van der Waals surface area contributed by atoms with Gasteiger partial charge in [-0.15, -0.1) is 0 Å². The number of thiazole rings is 1. The number of hydrogen-bond donors (Lipinski definition) is 2. The second-order valence-electron chi connectivity index (χ2n) is 6.03. The number of sulfonamides is 1. The SMILES string of the molecule is Cc1nc(NS(C)(=O)=O)sc1C(=O)Nc1ccc(C2(C#N)CC2)cc1. The van der Waals surface area contributed by atoms with Crippen LogP contribution in [0.15, 0.2) is 24.3 Å². The third kappa shape index (κ3) is 3.81. The summed E-state index contributed by atoms with van der Waals surface area (Å²) in [6.07, 6.45) is 2.76. The molecule has 2 N–H and O–H groups in total. The number of nitrogens with zero attached hydrogens (tertiary/aromatic N) is 2. The quantitative estimate of drug-likeness (QED) is 0.833. The number of aromatic nitrogens is 1. The van der Waals surface area contributed by atoms with Gasteiger partial charge in [0, 0.05) is 5.69 Å². The highest BCUT2D eigenvalue weighted by atomic mass is 32.2. The Bertz CT molecular complexity index is 968. The summed E-state index contributed by atoms with van der Waals surface area (Å²) in [6.45, 7) is 1.64. The minimum Gasteiger partial charge on any atom is -0.321 e. The number of anilines is 2. The van der Waals surface area contributed by atoms with Crippen LogP contribution in [0.2, 0.25) is 0 Å². The molecule has 1 amide bonds. The lowest BCUT2D eigenvalue weighted by molar-refractivity contribution is 0.103. The first-order chi connectivity index (χ1) is 11.7. The first kappa shape index (κ1) is 17.4. The highest BCUT2D eigenvalue weighted by molar-refractivity contribution is 7.92. The second kappa shape index (κ2) is 6.13. The minimum absolute atomic E-state index is 0.158. The average molecular weight is 376 g/mol. The van der Waals surface area contributed by atoms with E-state index in [0.29, 0.717) is 16.3 Å². The number of aryl methyl sites for hydroxylation is 1. The maximum Gasteiger partial charge on any atom is 0.267 e. The number of rotatable bonds is 5. The van der Waals surface area contributed by atoms with Crippen molar-refractivity contribution in [3.63, 3.8) is 0 Å². The molecule has 0 atom stereocenters. The number of hydrogen-bond acceptors (Lipinski definition) is 6. The van der Waals surface area contributed by atoms with E-state index in [4.69, 9.17) is 0 Å². The van der Waals surface area contributed by atoms with Gasteiger partial charge in [-0.05, 0) is 37.5 Å². The summed E-state index contributed by atoms with van der Waals surface area (Å²) in [4.78, 5) is 16.8. The maximum absolute atomic E-state index is 12.4. The summed E-state index contributed by atoms with van der Waals surface area (Å²) >= 11 is 0.978. The van der Waals surface area contributed by atoms with Crippen LogP contribution in [0.25, 0.3) is 0 Å². The number of benzene rings is 1. The van der Waals surface area contributed by atoms with Crippen molar-refractivity contribution in [2.45, 2.75) is 25.2 Å². The highest BCUT2D eigenvalue weighted by Gasteiger charge is 2.44. The molecule has 0 radical (unpaired) electrons. The molecule has 9 heteroatoms. The van der Waals surface area contributed by atoms with Gasteiger partial charge in [0.15, 0.2) is 5.13 Å². The molecular weight excluding hydrogens is 360 g/mol. The third-order valence-corrected chi connectivity index (χ3v) is 5.70. The van der Waals surface area contributed by atoms with Crippen molar-refractivity contribution >= 4 is 38.1 Å². The summed E-state index contributed by atoms with van der Waals surface area (Å²) in [6, 6.07) is 9.55. The van der Waals surface area contributed by atoms with Crippen molar-refractivity contribution in [3.05, 3.63) is 40.4 Å². The Labute approximate surface area is 149 Å². The molecule has 0 unspecified atom stereocenters. The predicted molar refractivity (Wildman–Crippen MR) is 96.2 cm³/mol. The molecule has 0 saturated heterocycles. The Hall–Kier alpha value is -2.44. The Morgan fingerprint density at radius 1 is 1.32 bits per heavy atom. The lowest BCUT2D eigenvalue weighted by Crippen LogP contribution is -2.12. The van der Waals surface area contributed by atoms with Crippen LogP contribution in [-0.4, -0.2) is 25.6 Å². The number of nitriles is 1. The normalized spacial score (nSPS) is 15.2. The van der Waals surface area contributed by atoms with Gasteiger partial charge in [-0.1, -0.05) is 23.5 Å². The predicted octanol–water partition coefficient (Wildman–Crippen LogP) is 2.63. The first-order valence-corrected chi connectivity index (χ1v) is 10.2. The summed E-state index contributed by atoms with van der Waals surface area (Å²) in [5.41, 5.74) is 1.66. The summed E-state index contributed by atoms with van der Waals surface area (Å²) in [5.74, 6) is -0.356. The molecule has 0 aliphatic heterocycles. The number of carbonyl (C=O) groups is 1. The Morgan fingerprint density at radius 2 is 1.96 bits per heavy atom. The van der Waals surface area contributed by atoms with Crippen LogP contribution in [0.5, 0.6) is 0 Å². The molecule has 1 aromatic heterocycles. The molecule has 25 heavy (non-hydrogen) atoms. The molecule has 130 valence electrons. The van der Waals surface area contributed by atoms with Gasteiger partial charge >= 0.3 is 0 Å². The Kier molecular flexibility index (Phi) is 4.26. The van der Waals surface area contributed by atoms with Crippen LogP contribution in [0.1, 0.15) is 33.8 Å². The zero-order valence-electron chi connectivity index (χ0n) is 13.7. The van der Waals surface area contributed by atoms with Crippen molar-refractivity contribution in [1.82, 2.24) is 4.98 Å². The van der Waals surface area contributed by atoms with E-state index in [1.807, 2.05) is 12.1 Å². The zero-order chi connectivity index (χ0) is 18.2. The van der Waals surface area contributed by atoms with Gasteiger partial charge in [0.25, 0.3) is 5.91 Å². The van der Waals surface area contributed by atoms with Crippen LogP contribution in [0.4, 0.5) is 10.8 Å². The Morgan fingerprint density at radius 3 is 2.48 bits per heavy atom. The second-order valence-corrected chi connectivity index (χ2v) is 8.78. The highest BCUT2D eigenvalue weighted by Crippen LogP contribution is 2.47. The summed E-state index contributed by atoms with van der Waals surface area (Å²) in [7, 11) is -3.44. The van der Waals surface area contributed by atoms with E-state index in [1.165, 1.54) is 0 Å². The fraction of sp³-hybridized carbons (Fsp3) is 0.312. The van der Waals surface area contributed by atoms with E-state index in [9.17, 15) is 18.5 Å². The third-order valence-electron chi connectivity index (χ3n) is 3.93. The van der Waals surface area contributed by atoms with Crippen LogP contribution in [-0.2, 0) is 15.4 Å². The number of carbonyl (C=O) groups excluding carboxylic acids is 1. The molecule has 1 fully saturated rings. The van der Waals surface area contributed by atoms with Gasteiger partial charge in [-0.2, -0.15) is 5.26 Å². The van der Waals surface area contributed by atoms with Crippen molar-refractivity contribution in [3.8, 4) is 6.07 Å². The van der Waals surface area contributed by atoms with E-state index in [1.54, 1.807) is 19.1 Å². The van der Waals surface area contributed by atoms with Crippen molar-refractivity contribution in [2.75, 3.05) is 16.3 Å². The molecule has 0 spiro atoms. The fourth-order valence-electron chi connectivity index (χ4n) is 2.46. The molecule has 0 bridgehead atoms. The van der Waals surface area contributed by atoms with E-state index >= 15 is 0 Å². The van der Waals surface area contributed by atoms with E-state index in [0.717, 1.165) is 36.0 Å². The minimum atomic E-state index is -3.44. The summed E-state index contributed by atoms with van der Waals surface area (Å²) in [5, 5.41) is 12.1. The van der Waals surface area contributed by atoms with Gasteiger partial charge in [-0.3, -0.25) is 9.52 Å². The molecule has 1 aromatic carbocycles. The van der Waals surface area contributed by atoms with Crippen LogP contribution >= 0.6 is 11.3 Å². The van der Waals surface area contributed by atoms with Crippen LogP contribution in [0.3, 0.4) is 0 Å². The van der Waals surface area contributed by atoms with Crippen LogP contribution < -0.4 is 10.0 Å². The lowest BCUT2D eigenvalue weighted by atomic mass is 9.98. The molecule has 2 aromatic rings. The average Bonchev–Trinajstić information content (AvgIpc) is 3.25. The molecular formula is C16H16N4O3S2. The topological polar surface area (TPSA) is 112 Å². The van der Waals surface area contributed by atoms with Crippen molar-refractivity contribution in [1.29, 1.82) is 5.26 Å². The number of nitrogens with one attached hydrogen (secondary N) is 2. The van der Waals surface area contributed by atoms with Crippen molar-refractivity contribution < 1.29 is 13.2 Å². The molecule has 1 heterocycles. The van der Waals surface area contributed by atoms with Gasteiger partial charge in [-0.25, -0.2) is 13.4 Å². The zero-order valence-corrected chi connectivity index (χ0v) is 15.3. The lowest BCUT2D eigenvalue weighted by Gasteiger charge is -2.08. The standard InChI is InChI=1S/C16H16N4O3S2/c1-10-13(24-15(18-10)20-25(2,22)23)14(21)19-12-5-3-11(4-6-12)16(9-17)7-8-16/h3-6H,7-8H2,1-2H3,(H,18,20)(H,19,21). The Balaban J connectivity index is 1.73. The van der Waals surface area contributed by atoms with Gasteiger partial charge in [0.2, 0.25) is 10.0 Å². The smallest absolute Gasteiger partial charge is 0.267 e.